The normalized spacial score (nSPS) is 14.3. The van der Waals surface area contributed by atoms with Gasteiger partial charge in [0.2, 0.25) is 5.78 Å². The lowest BCUT2D eigenvalue weighted by Crippen LogP contribution is -2.40. The number of nitrogens with one attached hydrogen (secondary N) is 1. The van der Waals surface area contributed by atoms with Crippen molar-refractivity contribution in [2.75, 3.05) is 11.9 Å². The molecule has 1 N–H and O–H groups in total. The minimum absolute atomic E-state index is 0.0136. The van der Waals surface area contributed by atoms with Crippen molar-refractivity contribution in [1.82, 2.24) is 9.13 Å². The molecule has 0 amide bonds. The van der Waals surface area contributed by atoms with Gasteiger partial charge in [-0.2, -0.15) is 0 Å². The molecule has 0 saturated heterocycles. The van der Waals surface area contributed by atoms with E-state index in [1.807, 2.05) is 38.1 Å². The molecule has 7 heteroatoms. The number of allylic oxidation sites excluding steroid dienone is 1. The van der Waals surface area contributed by atoms with Gasteiger partial charge in [0, 0.05) is 13.6 Å². The average molecular weight is 369 g/mol. The van der Waals surface area contributed by atoms with E-state index >= 15 is 0 Å². The molecule has 142 valence electrons. The maximum Gasteiger partial charge on any atom is 0.332 e. The van der Waals surface area contributed by atoms with Gasteiger partial charge in [0.1, 0.15) is 17.1 Å². The molecule has 3 rings (SSSR count). The third-order valence-corrected chi connectivity index (χ3v) is 4.38. The zero-order chi connectivity index (χ0) is 19.6. The summed E-state index contributed by atoms with van der Waals surface area (Å²) >= 11 is 0. The second-order valence-electron chi connectivity index (χ2n) is 6.45. The van der Waals surface area contributed by atoms with Gasteiger partial charge < -0.3 is 10.1 Å². The van der Waals surface area contributed by atoms with E-state index in [4.69, 9.17) is 4.74 Å². The molecule has 1 aliphatic rings. The van der Waals surface area contributed by atoms with Crippen molar-refractivity contribution in [1.29, 1.82) is 0 Å². The number of anilines is 1. The number of nitrogens with zero attached hydrogens (tertiary/aromatic N) is 2. The first-order valence-corrected chi connectivity index (χ1v) is 9.08. The molecule has 0 bridgehead atoms. The van der Waals surface area contributed by atoms with E-state index in [1.165, 1.54) is 11.6 Å². The first-order valence-electron chi connectivity index (χ1n) is 9.08. The molecule has 0 unspecified atom stereocenters. The van der Waals surface area contributed by atoms with Crippen LogP contribution in [0.2, 0.25) is 0 Å². The highest BCUT2D eigenvalue weighted by Gasteiger charge is 2.32. The van der Waals surface area contributed by atoms with E-state index in [0.717, 1.165) is 22.3 Å². The summed E-state index contributed by atoms with van der Waals surface area (Å²) in [6, 6.07) is 7.35. The summed E-state index contributed by atoms with van der Waals surface area (Å²) in [5, 5.41) is 2.97. The fourth-order valence-corrected chi connectivity index (χ4v) is 3.00. The van der Waals surface area contributed by atoms with Gasteiger partial charge in [-0.15, -0.1) is 0 Å². The predicted molar refractivity (Wildman–Crippen MR) is 104 cm³/mol. The molecule has 0 saturated carbocycles. The number of carbonyl (C=O) groups excluding carboxylic acids is 1. The van der Waals surface area contributed by atoms with Gasteiger partial charge in [-0.05, 0) is 36.6 Å². The van der Waals surface area contributed by atoms with Crippen molar-refractivity contribution < 1.29 is 9.53 Å². The molecule has 2 aromatic rings. The van der Waals surface area contributed by atoms with Crippen LogP contribution in [0.3, 0.4) is 0 Å². The number of aromatic nitrogens is 2. The summed E-state index contributed by atoms with van der Waals surface area (Å²) < 4.78 is 7.98. The summed E-state index contributed by atoms with van der Waals surface area (Å²) in [5.74, 6) is 0.643. The quantitative estimate of drug-likeness (QED) is 0.791. The monoisotopic (exact) mass is 369 g/mol. The number of rotatable bonds is 6. The molecule has 1 aliphatic heterocycles. The highest BCUT2D eigenvalue weighted by atomic mass is 16.5. The number of ketones is 1. The molecule has 0 atom stereocenters. The van der Waals surface area contributed by atoms with Gasteiger partial charge in [-0.25, -0.2) is 4.79 Å². The Kier molecular flexibility index (Phi) is 5.30. The topological polar surface area (TPSA) is 82.3 Å². The molecule has 0 radical (unpaired) electrons. The zero-order valence-electron chi connectivity index (χ0n) is 15.7. The van der Waals surface area contributed by atoms with Crippen molar-refractivity contribution in [3.05, 3.63) is 61.9 Å². The molecular weight excluding hydrogens is 346 g/mol. The minimum Gasteiger partial charge on any atom is -0.494 e. The number of hydrogen-bond donors (Lipinski definition) is 1. The van der Waals surface area contributed by atoms with Crippen molar-refractivity contribution in [3.8, 4) is 5.75 Å². The Hall–Kier alpha value is -3.09. The van der Waals surface area contributed by atoms with Crippen LogP contribution in [-0.2, 0) is 13.6 Å². The summed E-state index contributed by atoms with van der Waals surface area (Å²) in [7, 11) is 1.39. The van der Waals surface area contributed by atoms with E-state index in [2.05, 4.69) is 5.32 Å². The van der Waals surface area contributed by atoms with E-state index in [-0.39, 0.29) is 17.1 Å². The van der Waals surface area contributed by atoms with Gasteiger partial charge in [-0.1, -0.05) is 26.0 Å². The molecule has 1 aromatic heterocycles. The van der Waals surface area contributed by atoms with E-state index in [1.54, 1.807) is 6.08 Å². The third kappa shape index (κ3) is 3.45. The lowest BCUT2D eigenvalue weighted by molar-refractivity contribution is 0.104. The lowest BCUT2D eigenvalue weighted by Gasteiger charge is -2.11. The molecule has 0 spiro atoms. The van der Waals surface area contributed by atoms with Crippen molar-refractivity contribution in [2.24, 2.45) is 7.05 Å². The maximum absolute atomic E-state index is 12.8. The first kappa shape index (κ1) is 18.7. The standard InChI is InChI=1S/C20H23N3O4/c1-4-10-23-18-16(19(25)22(3)20(23)26)17(24)15(21-18)12-13-6-8-14(9-7-13)27-11-5-2/h6-9,12,21H,4-5,10-11H2,1-3H3. The number of ether oxygens (including phenoxy) is 1. The highest BCUT2D eigenvalue weighted by molar-refractivity contribution is 6.19. The Morgan fingerprint density at radius 2 is 1.78 bits per heavy atom. The fourth-order valence-electron chi connectivity index (χ4n) is 3.00. The van der Waals surface area contributed by atoms with Crippen molar-refractivity contribution in [3.63, 3.8) is 0 Å². The summed E-state index contributed by atoms with van der Waals surface area (Å²) in [5.41, 5.74) is 0.0781. The SMILES string of the molecule is CCCOc1ccc(C=C2Nc3c(c(=O)n(C)c(=O)n3CCC)C2=O)cc1. The van der Waals surface area contributed by atoms with Crippen LogP contribution in [0.4, 0.5) is 5.82 Å². The molecule has 0 fully saturated rings. The van der Waals surface area contributed by atoms with Crippen LogP contribution in [-0.4, -0.2) is 21.5 Å². The van der Waals surface area contributed by atoms with Gasteiger partial charge >= 0.3 is 5.69 Å². The third-order valence-electron chi connectivity index (χ3n) is 4.38. The molecule has 0 aliphatic carbocycles. The average Bonchev–Trinajstić information content (AvgIpc) is 2.99. The van der Waals surface area contributed by atoms with Crippen LogP contribution in [0.15, 0.2) is 39.6 Å². The first-order chi connectivity index (χ1) is 13.0. The predicted octanol–water partition coefficient (Wildman–Crippen LogP) is 2.40. The smallest absolute Gasteiger partial charge is 0.332 e. The van der Waals surface area contributed by atoms with Gasteiger partial charge in [0.25, 0.3) is 5.56 Å². The number of Topliss-reactive ketones (excluding diaryl/α,β-unsaturated/α-hetero) is 1. The van der Waals surface area contributed by atoms with Crippen LogP contribution in [0.25, 0.3) is 6.08 Å². The second-order valence-corrected chi connectivity index (χ2v) is 6.45. The van der Waals surface area contributed by atoms with Crippen molar-refractivity contribution >= 4 is 17.7 Å². The molecular formula is C20H23N3O4. The Labute approximate surface area is 156 Å². The van der Waals surface area contributed by atoms with E-state index in [9.17, 15) is 14.4 Å². The van der Waals surface area contributed by atoms with Crippen molar-refractivity contribution in [2.45, 2.75) is 33.2 Å². The van der Waals surface area contributed by atoms with Gasteiger partial charge in [-0.3, -0.25) is 18.7 Å². The molecule has 27 heavy (non-hydrogen) atoms. The zero-order valence-corrected chi connectivity index (χ0v) is 15.7. The Bertz CT molecular complexity index is 1010. The molecule has 2 heterocycles. The maximum atomic E-state index is 12.8. The Morgan fingerprint density at radius 3 is 2.41 bits per heavy atom. The molecule has 1 aromatic carbocycles. The Balaban J connectivity index is 1.98. The number of fused-ring (bicyclic) bond motifs is 1. The van der Waals surface area contributed by atoms with E-state index < -0.39 is 17.0 Å². The lowest BCUT2D eigenvalue weighted by atomic mass is 10.1. The Morgan fingerprint density at radius 1 is 1.07 bits per heavy atom. The van der Waals surface area contributed by atoms with Crippen LogP contribution in [0.1, 0.15) is 42.6 Å². The summed E-state index contributed by atoms with van der Waals surface area (Å²) in [4.78, 5) is 37.6. The summed E-state index contributed by atoms with van der Waals surface area (Å²) in [6.07, 6.45) is 3.31. The number of carbonyl (C=O) groups is 1. The highest BCUT2D eigenvalue weighted by Crippen LogP contribution is 2.26. The van der Waals surface area contributed by atoms with Crippen LogP contribution < -0.4 is 21.3 Å². The molecule has 7 nitrogen and oxygen atoms in total. The largest absolute Gasteiger partial charge is 0.494 e. The van der Waals surface area contributed by atoms with Gasteiger partial charge in [0.15, 0.2) is 0 Å². The summed E-state index contributed by atoms with van der Waals surface area (Å²) in [6.45, 7) is 5.04. The number of hydrogen-bond acceptors (Lipinski definition) is 5. The van der Waals surface area contributed by atoms with Gasteiger partial charge in [0.05, 0.1) is 12.3 Å². The van der Waals surface area contributed by atoms with Crippen LogP contribution >= 0.6 is 0 Å². The number of benzene rings is 1. The fraction of sp³-hybridized carbons (Fsp3) is 0.350. The van der Waals surface area contributed by atoms with E-state index in [0.29, 0.717) is 19.6 Å². The second kappa shape index (κ2) is 7.65. The van der Waals surface area contributed by atoms with Crippen LogP contribution in [0, 0.1) is 0 Å². The van der Waals surface area contributed by atoms with Crippen LogP contribution in [0.5, 0.6) is 5.75 Å². The minimum atomic E-state index is -0.577.